The molecule has 3 aromatic rings. The number of nitrogens with zero attached hydrogens (tertiary/aromatic N) is 2. The highest BCUT2D eigenvalue weighted by Gasteiger charge is 2.27. The molecule has 1 aromatic carbocycles. The second kappa shape index (κ2) is 8.22. The third kappa shape index (κ3) is 3.82. The summed E-state index contributed by atoms with van der Waals surface area (Å²) in [7, 11) is -0.602. The number of amides is 1. The minimum Gasteiger partial charge on any atom is -0.322 e. The molecule has 0 saturated carbocycles. The third-order valence-electron chi connectivity index (χ3n) is 5.07. The summed E-state index contributed by atoms with van der Waals surface area (Å²) in [6.07, 6.45) is 4.73. The van der Waals surface area contributed by atoms with Gasteiger partial charge in [0, 0.05) is 42.8 Å². The maximum Gasteiger partial charge on any atom is 0.258 e. The molecule has 0 aliphatic carbocycles. The van der Waals surface area contributed by atoms with Gasteiger partial charge in [0.05, 0.1) is 10.5 Å². The Morgan fingerprint density at radius 1 is 1.20 bits per heavy atom. The standard InChI is InChI=1S/C21H23N3O3S3/c1-14-6-7-15(12-18(14)30(26,27)23(2)3)22-20(25)19-16-8-11-28-13-17(16)29-21(19)24-9-4-5-10-24/h4-7,9-10,12H,8,11,13H2,1-3H3,(H,22,25). The topological polar surface area (TPSA) is 71.4 Å². The lowest BCUT2D eigenvalue weighted by Crippen LogP contribution is -2.23. The van der Waals surface area contributed by atoms with E-state index in [1.807, 2.05) is 40.9 Å². The summed E-state index contributed by atoms with van der Waals surface area (Å²) in [5, 5.41) is 3.84. The van der Waals surface area contributed by atoms with Crippen molar-refractivity contribution in [3.05, 3.63) is 64.3 Å². The molecule has 0 atom stereocenters. The zero-order valence-electron chi connectivity index (χ0n) is 17.0. The first-order chi connectivity index (χ1) is 14.3. The van der Waals surface area contributed by atoms with Crippen LogP contribution in [0.2, 0.25) is 0 Å². The van der Waals surface area contributed by atoms with E-state index in [9.17, 15) is 13.2 Å². The Morgan fingerprint density at radius 2 is 1.93 bits per heavy atom. The maximum atomic E-state index is 13.4. The monoisotopic (exact) mass is 461 g/mol. The predicted molar refractivity (Wildman–Crippen MR) is 124 cm³/mol. The molecule has 3 heterocycles. The van der Waals surface area contributed by atoms with Crippen molar-refractivity contribution in [2.75, 3.05) is 25.2 Å². The van der Waals surface area contributed by atoms with E-state index in [0.29, 0.717) is 16.8 Å². The van der Waals surface area contributed by atoms with Gasteiger partial charge in [-0.05, 0) is 54.5 Å². The van der Waals surface area contributed by atoms with Gasteiger partial charge in [-0.25, -0.2) is 12.7 Å². The van der Waals surface area contributed by atoms with E-state index in [4.69, 9.17) is 0 Å². The Morgan fingerprint density at radius 3 is 2.63 bits per heavy atom. The summed E-state index contributed by atoms with van der Waals surface area (Å²) in [5.41, 5.74) is 2.89. The van der Waals surface area contributed by atoms with Crippen LogP contribution in [0.3, 0.4) is 0 Å². The highest BCUT2D eigenvalue weighted by Crippen LogP contribution is 2.38. The van der Waals surface area contributed by atoms with Crippen molar-refractivity contribution in [1.82, 2.24) is 8.87 Å². The van der Waals surface area contributed by atoms with Gasteiger partial charge in [0.25, 0.3) is 5.91 Å². The molecule has 158 valence electrons. The molecule has 0 saturated heterocycles. The molecule has 1 aliphatic heterocycles. The normalized spacial score (nSPS) is 14.0. The number of carbonyl (C=O) groups excluding carboxylic acids is 1. The van der Waals surface area contributed by atoms with Crippen LogP contribution in [0.25, 0.3) is 5.00 Å². The Balaban J connectivity index is 1.73. The van der Waals surface area contributed by atoms with Crippen LogP contribution < -0.4 is 5.32 Å². The smallest absolute Gasteiger partial charge is 0.258 e. The number of hydrogen-bond acceptors (Lipinski definition) is 5. The zero-order chi connectivity index (χ0) is 21.5. The molecule has 6 nitrogen and oxygen atoms in total. The zero-order valence-corrected chi connectivity index (χ0v) is 19.5. The predicted octanol–water partition coefficient (Wildman–Crippen LogP) is 4.14. The van der Waals surface area contributed by atoms with E-state index in [0.717, 1.165) is 28.5 Å². The highest BCUT2D eigenvalue weighted by atomic mass is 32.2. The quantitative estimate of drug-likeness (QED) is 0.620. The number of sulfonamides is 1. The van der Waals surface area contributed by atoms with E-state index in [2.05, 4.69) is 5.32 Å². The van der Waals surface area contributed by atoms with Gasteiger partial charge in [0.2, 0.25) is 10.0 Å². The minimum absolute atomic E-state index is 0.194. The second-order valence-electron chi connectivity index (χ2n) is 7.30. The highest BCUT2D eigenvalue weighted by molar-refractivity contribution is 7.98. The SMILES string of the molecule is Cc1ccc(NC(=O)c2c(-n3cccc3)sc3c2CCSC3)cc1S(=O)(=O)N(C)C. The lowest BCUT2D eigenvalue weighted by atomic mass is 10.1. The van der Waals surface area contributed by atoms with Crippen molar-refractivity contribution in [1.29, 1.82) is 0 Å². The Labute approximate surface area is 185 Å². The van der Waals surface area contributed by atoms with Crippen LogP contribution in [0.4, 0.5) is 5.69 Å². The van der Waals surface area contributed by atoms with Crippen molar-refractivity contribution < 1.29 is 13.2 Å². The molecular weight excluding hydrogens is 438 g/mol. The molecule has 4 rings (SSSR count). The average Bonchev–Trinajstić information content (AvgIpc) is 3.36. The molecule has 0 radical (unpaired) electrons. The fourth-order valence-electron chi connectivity index (χ4n) is 3.45. The van der Waals surface area contributed by atoms with Gasteiger partial charge in [-0.1, -0.05) is 6.07 Å². The Kier molecular flexibility index (Phi) is 5.80. The van der Waals surface area contributed by atoms with Crippen LogP contribution in [-0.2, 0) is 22.2 Å². The number of nitrogens with one attached hydrogen (secondary N) is 1. The Bertz CT molecular complexity index is 1200. The van der Waals surface area contributed by atoms with Gasteiger partial charge in [0.1, 0.15) is 5.00 Å². The van der Waals surface area contributed by atoms with Gasteiger partial charge < -0.3 is 9.88 Å². The molecule has 1 N–H and O–H groups in total. The number of hydrogen-bond donors (Lipinski definition) is 1. The van der Waals surface area contributed by atoms with E-state index in [1.54, 1.807) is 30.4 Å². The van der Waals surface area contributed by atoms with Crippen LogP contribution in [0.15, 0.2) is 47.6 Å². The van der Waals surface area contributed by atoms with Crippen molar-refractivity contribution in [2.24, 2.45) is 0 Å². The molecule has 1 amide bonds. The van der Waals surface area contributed by atoms with E-state index in [1.165, 1.54) is 29.3 Å². The van der Waals surface area contributed by atoms with Crippen LogP contribution >= 0.6 is 23.1 Å². The summed E-state index contributed by atoms with van der Waals surface area (Å²) in [6.45, 7) is 1.75. The van der Waals surface area contributed by atoms with Crippen molar-refractivity contribution in [3.8, 4) is 5.00 Å². The van der Waals surface area contributed by atoms with Crippen molar-refractivity contribution in [2.45, 2.75) is 24.0 Å². The van der Waals surface area contributed by atoms with Gasteiger partial charge in [-0.3, -0.25) is 4.79 Å². The van der Waals surface area contributed by atoms with Crippen LogP contribution in [0, 0.1) is 6.92 Å². The first kappa shape index (κ1) is 21.2. The fourth-order valence-corrected chi connectivity index (χ4v) is 7.04. The minimum atomic E-state index is -3.60. The number of benzene rings is 1. The summed E-state index contributed by atoms with van der Waals surface area (Å²) >= 11 is 3.53. The molecule has 2 aromatic heterocycles. The van der Waals surface area contributed by atoms with Crippen LogP contribution in [0.1, 0.15) is 26.4 Å². The number of aromatic nitrogens is 1. The lowest BCUT2D eigenvalue weighted by Gasteiger charge is -2.16. The molecule has 0 bridgehead atoms. The Hall–Kier alpha value is -2.07. The average molecular weight is 462 g/mol. The summed E-state index contributed by atoms with van der Waals surface area (Å²) < 4.78 is 28.4. The van der Waals surface area contributed by atoms with E-state index < -0.39 is 10.0 Å². The molecule has 0 unspecified atom stereocenters. The number of carbonyl (C=O) groups is 1. The van der Waals surface area contributed by atoms with Crippen molar-refractivity contribution >= 4 is 44.7 Å². The molecule has 0 fully saturated rings. The van der Waals surface area contributed by atoms with E-state index in [-0.39, 0.29) is 10.8 Å². The van der Waals surface area contributed by atoms with Gasteiger partial charge >= 0.3 is 0 Å². The van der Waals surface area contributed by atoms with Gasteiger partial charge in [-0.2, -0.15) is 11.8 Å². The maximum absolute atomic E-state index is 13.4. The number of thiophene rings is 1. The fraction of sp³-hybridized carbons (Fsp3) is 0.286. The number of fused-ring (bicyclic) bond motifs is 1. The van der Waals surface area contributed by atoms with Gasteiger partial charge in [-0.15, -0.1) is 11.3 Å². The third-order valence-corrected chi connectivity index (χ3v) is 9.44. The van der Waals surface area contributed by atoms with Crippen LogP contribution in [-0.4, -0.2) is 43.0 Å². The number of thioether (sulfide) groups is 1. The summed E-state index contributed by atoms with van der Waals surface area (Å²) in [6, 6.07) is 8.87. The summed E-state index contributed by atoms with van der Waals surface area (Å²) in [5.74, 6) is 1.70. The second-order valence-corrected chi connectivity index (χ2v) is 11.6. The number of rotatable bonds is 5. The first-order valence-corrected chi connectivity index (χ1v) is 12.9. The molecule has 9 heteroatoms. The first-order valence-electron chi connectivity index (χ1n) is 9.49. The molecule has 30 heavy (non-hydrogen) atoms. The number of anilines is 1. The molecule has 0 spiro atoms. The molecule has 1 aliphatic rings. The van der Waals surface area contributed by atoms with Crippen molar-refractivity contribution in [3.63, 3.8) is 0 Å². The van der Waals surface area contributed by atoms with E-state index >= 15 is 0 Å². The van der Waals surface area contributed by atoms with Crippen LogP contribution in [0.5, 0.6) is 0 Å². The number of aryl methyl sites for hydroxylation is 1. The lowest BCUT2D eigenvalue weighted by molar-refractivity contribution is 0.102. The largest absolute Gasteiger partial charge is 0.322 e. The van der Waals surface area contributed by atoms with Gasteiger partial charge in [0.15, 0.2) is 0 Å². The molecular formula is C21H23N3O3S3. The summed E-state index contributed by atoms with van der Waals surface area (Å²) in [4.78, 5) is 14.8.